The van der Waals surface area contributed by atoms with Crippen LogP contribution < -0.4 is 0 Å². The number of hydrogen-bond donors (Lipinski definition) is 1. The van der Waals surface area contributed by atoms with Crippen molar-refractivity contribution in [2.24, 2.45) is 11.8 Å². The molecule has 5 atom stereocenters. The molecular formula is C10H16OS. The highest BCUT2D eigenvalue weighted by atomic mass is 32.2. The number of thioether (sulfide) groups is 1. The first-order chi connectivity index (χ1) is 5.66. The Kier molecular flexibility index (Phi) is 1.42. The molecule has 2 saturated carbocycles. The van der Waals surface area contributed by atoms with E-state index in [9.17, 15) is 5.11 Å². The molecule has 4 fully saturated rings. The average Bonchev–Trinajstić information content (AvgIpc) is 1.99. The van der Waals surface area contributed by atoms with E-state index < -0.39 is 0 Å². The molecule has 68 valence electrons. The summed E-state index contributed by atoms with van der Waals surface area (Å²) >= 11 is 2.06. The van der Waals surface area contributed by atoms with E-state index in [0.717, 1.165) is 11.2 Å². The standard InChI is InChI=1S/C10H16OS/c1-10(11)7-2-6-3-8(5-7)12-9(10)4-6/h6-9,11H,2-5H2,1H3/t6-,7+,8-,9+,10?/m0/s1. The molecule has 1 nitrogen and oxygen atoms in total. The summed E-state index contributed by atoms with van der Waals surface area (Å²) in [6.07, 6.45) is 5.31. The van der Waals surface area contributed by atoms with Gasteiger partial charge in [-0.2, -0.15) is 11.8 Å². The molecule has 1 N–H and O–H groups in total. The van der Waals surface area contributed by atoms with E-state index in [1.165, 1.54) is 25.7 Å². The highest BCUT2D eigenvalue weighted by Gasteiger charge is 2.54. The largest absolute Gasteiger partial charge is 0.389 e. The van der Waals surface area contributed by atoms with Crippen molar-refractivity contribution in [2.75, 3.05) is 0 Å². The van der Waals surface area contributed by atoms with Gasteiger partial charge in [0.25, 0.3) is 0 Å². The molecular weight excluding hydrogens is 168 g/mol. The molecule has 0 amide bonds. The van der Waals surface area contributed by atoms with Crippen LogP contribution in [-0.2, 0) is 0 Å². The third-order valence-electron chi connectivity index (χ3n) is 4.14. The molecule has 0 spiro atoms. The van der Waals surface area contributed by atoms with Gasteiger partial charge in [0.05, 0.1) is 5.60 Å². The molecule has 2 saturated heterocycles. The van der Waals surface area contributed by atoms with Crippen LogP contribution in [0.25, 0.3) is 0 Å². The molecule has 2 aliphatic heterocycles. The second-order valence-corrected chi connectivity index (χ2v) is 6.49. The summed E-state index contributed by atoms with van der Waals surface area (Å²) in [7, 11) is 0. The van der Waals surface area contributed by atoms with Crippen LogP contribution in [0.1, 0.15) is 32.6 Å². The first-order valence-electron chi connectivity index (χ1n) is 5.04. The molecule has 1 unspecified atom stereocenters. The van der Waals surface area contributed by atoms with Gasteiger partial charge in [-0.1, -0.05) is 0 Å². The van der Waals surface area contributed by atoms with Gasteiger partial charge >= 0.3 is 0 Å². The minimum atomic E-state index is -0.335. The van der Waals surface area contributed by atoms with E-state index in [1.807, 2.05) is 0 Å². The molecule has 2 heterocycles. The van der Waals surface area contributed by atoms with Gasteiger partial charge in [-0.15, -0.1) is 0 Å². The maximum atomic E-state index is 10.3. The van der Waals surface area contributed by atoms with Crippen LogP contribution >= 0.6 is 11.8 Å². The van der Waals surface area contributed by atoms with Gasteiger partial charge in [-0.3, -0.25) is 0 Å². The second kappa shape index (κ2) is 2.21. The predicted octanol–water partition coefficient (Wildman–Crippen LogP) is 2.04. The van der Waals surface area contributed by atoms with E-state index in [0.29, 0.717) is 11.2 Å². The first kappa shape index (κ1) is 7.69. The van der Waals surface area contributed by atoms with Crippen LogP contribution in [0.5, 0.6) is 0 Å². The van der Waals surface area contributed by atoms with Gasteiger partial charge in [0.1, 0.15) is 0 Å². The van der Waals surface area contributed by atoms with Crippen molar-refractivity contribution in [3.8, 4) is 0 Å². The third-order valence-corrected chi connectivity index (χ3v) is 5.91. The summed E-state index contributed by atoms with van der Waals surface area (Å²) in [6.45, 7) is 2.06. The summed E-state index contributed by atoms with van der Waals surface area (Å²) < 4.78 is 0. The topological polar surface area (TPSA) is 20.2 Å². The van der Waals surface area contributed by atoms with Gasteiger partial charge in [-0.05, 0) is 44.4 Å². The van der Waals surface area contributed by atoms with Crippen molar-refractivity contribution < 1.29 is 5.11 Å². The van der Waals surface area contributed by atoms with Crippen molar-refractivity contribution in [1.29, 1.82) is 0 Å². The SMILES string of the molecule is CC1(O)[C@@H]2C[C@H]3C[C@@H](C2)S[C@@H]1C3. The maximum absolute atomic E-state index is 10.3. The van der Waals surface area contributed by atoms with Crippen molar-refractivity contribution in [3.05, 3.63) is 0 Å². The zero-order chi connectivity index (χ0) is 8.34. The zero-order valence-electron chi connectivity index (χ0n) is 7.49. The molecule has 12 heavy (non-hydrogen) atoms. The van der Waals surface area contributed by atoms with Crippen molar-refractivity contribution in [2.45, 2.75) is 48.7 Å². The first-order valence-corrected chi connectivity index (χ1v) is 5.98. The highest BCUT2D eigenvalue weighted by molar-refractivity contribution is 8.00. The van der Waals surface area contributed by atoms with Crippen molar-refractivity contribution in [1.82, 2.24) is 0 Å². The quantitative estimate of drug-likeness (QED) is 0.621. The summed E-state index contributed by atoms with van der Waals surface area (Å²) in [5.74, 6) is 1.58. The molecule has 4 aliphatic rings. The number of rotatable bonds is 0. The molecule has 4 rings (SSSR count). The predicted molar refractivity (Wildman–Crippen MR) is 51.2 cm³/mol. The van der Waals surface area contributed by atoms with Crippen molar-refractivity contribution in [3.63, 3.8) is 0 Å². The molecule has 0 aromatic heterocycles. The Morgan fingerprint density at radius 3 is 2.75 bits per heavy atom. The molecule has 4 bridgehead atoms. The number of aliphatic hydroxyl groups is 1. The molecule has 0 aromatic rings. The van der Waals surface area contributed by atoms with Crippen LogP contribution in [0.15, 0.2) is 0 Å². The summed E-state index contributed by atoms with van der Waals surface area (Å²) in [4.78, 5) is 0. The van der Waals surface area contributed by atoms with Gasteiger partial charge in [0, 0.05) is 10.5 Å². The second-order valence-electron chi connectivity index (χ2n) is 4.98. The third kappa shape index (κ3) is 0.856. The Labute approximate surface area is 77.9 Å². The normalized spacial score (nSPS) is 62.5. The van der Waals surface area contributed by atoms with Gasteiger partial charge in [0.15, 0.2) is 0 Å². The van der Waals surface area contributed by atoms with Crippen molar-refractivity contribution >= 4 is 11.8 Å². The monoisotopic (exact) mass is 184 g/mol. The Hall–Kier alpha value is 0.310. The lowest BCUT2D eigenvalue weighted by Crippen LogP contribution is -2.57. The van der Waals surface area contributed by atoms with Crippen LogP contribution in [0.4, 0.5) is 0 Å². The lowest BCUT2D eigenvalue weighted by atomic mass is 9.64. The highest BCUT2D eigenvalue weighted by Crippen LogP contribution is 2.58. The Morgan fingerprint density at radius 2 is 2.08 bits per heavy atom. The van der Waals surface area contributed by atoms with E-state index in [-0.39, 0.29) is 5.60 Å². The van der Waals surface area contributed by atoms with Gasteiger partial charge in [-0.25, -0.2) is 0 Å². The fraction of sp³-hybridized carbons (Fsp3) is 1.00. The van der Waals surface area contributed by atoms with Crippen LogP contribution in [0.3, 0.4) is 0 Å². The zero-order valence-corrected chi connectivity index (χ0v) is 8.31. The summed E-state index contributed by atoms with van der Waals surface area (Å²) in [5, 5.41) is 11.7. The number of hydrogen-bond acceptors (Lipinski definition) is 2. The fourth-order valence-electron chi connectivity index (χ4n) is 3.39. The molecule has 0 aromatic carbocycles. The van der Waals surface area contributed by atoms with E-state index in [2.05, 4.69) is 18.7 Å². The molecule has 0 radical (unpaired) electrons. The molecule has 2 heteroatoms. The maximum Gasteiger partial charge on any atom is 0.0766 e. The van der Waals surface area contributed by atoms with E-state index in [1.54, 1.807) is 0 Å². The minimum Gasteiger partial charge on any atom is -0.389 e. The fourth-order valence-corrected chi connectivity index (χ4v) is 5.43. The lowest BCUT2D eigenvalue weighted by Gasteiger charge is -2.57. The Balaban J connectivity index is 1.96. The van der Waals surface area contributed by atoms with E-state index >= 15 is 0 Å². The average molecular weight is 184 g/mol. The van der Waals surface area contributed by atoms with Gasteiger partial charge in [0.2, 0.25) is 0 Å². The van der Waals surface area contributed by atoms with Crippen LogP contribution in [-0.4, -0.2) is 21.2 Å². The summed E-state index contributed by atoms with van der Waals surface area (Å²) in [6, 6.07) is 0. The smallest absolute Gasteiger partial charge is 0.0766 e. The van der Waals surface area contributed by atoms with E-state index in [4.69, 9.17) is 0 Å². The van der Waals surface area contributed by atoms with Crippen LogP contribution in [0, 0.1) is 11.8 Å². The summed E-state index contributed by atoms with van der Waals surface area (Å²) in [5.41, 5.74) is -0.335. The minimum absolute atomic E-state index is 0.335. The van der Waals surface area contributed by atoms with Gasteiger partial charge < -0.3 is 5.11 Å². The molecule has 2 aliphatic carbocycles. The Morgan fingerprint density at radius 1 is 1.25 bits per heavy atom. The van der Waals surface area contributed by atoms with Crippen LogP contribution in [0.2, 0.25) is 0 Å². The lowest BCUT2D eigenvalue weighted by molar-refractivity contribution is -0.0647. The Bertz CT molecular complexity index is 182.